The van der Waals surface area contributed by atoms with Crippen LogP contribution < -0.4 is 10.6 Å². The molecule has 0 saturated heterocycles. The first kappa shape index (κ1) is 15.7. The number of hydrogen-bond donors (Lipinski definition) is 2. The van der Waals surface area contributed by atoms with Crippen molar-refractivity contribution in [1.82, 2.24) is 10.6 Å². The summed E-state index contributed by atoms with van der Waals surface area (Å²) in [5.74, 6) is 3.14. The van der Waals surface area contributed by atoms with Gasteiger partial charge < -0.3 is 10.6 Å². The molecule has 102 valence electrons. The summed E-state index contributed by atoms with van der Waals surface area (Å²) in [7, 11) is 0. The Kier molecular flexibility index (Phi) is 6.55. The quantitative estimate of drug-likeness (QED) is 0.508. The maximum Gasteiger partial charge on any atom is 0.192 e. The lowest BCUT2D eigenvalue weighted by Crippen LogP contribution is -2.38. The van der Waals surface area contributed by atoms with Crippen molar-refractivity contribution in [2.24, 2.45) is 4.99 Å². The van der Waals surface area contributed by atoms with Crippen molar-refractivity contribution in [3.8, 4) is 12.3 Å². The number of nitrogens with one attached hydrogen (secondary N) is 2. The highest BCUT2D eigenvalue weighted by atomic mass is 35.5. The van der Waals surface area contributed by atoms with Crippen LogP contribution in [0.25, 0.3) is 0 Å². The smallest absolute Gasteiger partial charge is 0.192 e. The number of halogens is 2. The van der Waals surface area contributed by atoms with Crippen LogP contribution in [0.4, 0.5) is 0 Å². The van der Waals surface area contributed by atoms with E-state index in [0.717, 1.165) is 12.1 Å². The summed E-state index contributed by atoms with van der Waals surface area (Å²) in [5.41, 5.74) is 0.956. The molecule has 0 radical (unpaired) electrons. The van der Waals surface area contributed by atoms with E-state index in [1.807, 2.05) is 26.0 Å². The molecule has 0 fully saturated rings. The van der Waals surface area contributed by atoms with Crippen LogP contribution in [-0.4, -0.2) is 19.0 Å². The molecule has 0 heterocycles. The summed E-state index contributed by atoms with van der Waals surface area (Å²) < 4.78 is 0. The molecule has 2 N–H and O–H groups in total. The Hall–Kier alpha value is -1.37. The van der Waals surface area contributed by atoms with Gasteiger partial charge in [-0.1, -0.05) is 35.2 Å². The van der Waals surface area contributed by atoms with Crippen molar-refractivity contribution >= 4 is 29.2 Å². The van der Waals surface area contributed by atoms with E-state index in [0.29, 0.717) is 22.5 Å². The summed E-state index contributed by atoms with van der Waals surface area (Å²) in [6.45, 7) is 5.08. The normalized spacial score (nSPS) is 12.7. The molecule has 0 saturated carbocycles. The number of nitrogens with zero attached hydrogens (tertiary/aromatic N) is 1. The largest absolute Gasteiger partial charge is 0.357 e. The predicted octanol–water partition coefficient (Wildman–Crippen LogP) is 3.24. The van der Waals surface area contributed by atoms with Gasteiger partial charge in [0.15, 0.2) is 5.96 Å². The second kappa shape index (κ2) is 7.93. The van der Waals surface area contributed by atoms with E-state index >= 15 is 0 Å². The minimum atomic E-state index is 0.000316. The molecule has 0 bridgehead atoms. The highest BCUT2D eigenvalue weighted by molar-refractivity contribution is 6.35. The first-order valence-electron chi connectivity index (χ1n) is 6.01. The van der Waals surface area contributed by atoms with Crippen LogP contribution >= 0.6 is 23.2 Å². The van der Waals surface area contributed by atoms with Crippen LogP contribution in [0.2, 0.25) is 10.0 Å². The topological polar surface area (TPSA) is 36.4 Å². The Bertz CT molecular complexity index is 492. The van der Waals surface area contributed by atoms with Crippen molar-refractivity contribution in [3.63, 3.8) is 0 Å². The summed E-state index contributed by atoms with van der Waals surface area (Å²) in [6, 6.07) is 5.43. The van der Waals surface area contributed by atoms with Gasteiger partial charge in [0.2, 0.25) is 0 Å². The third kappa shape index (κ3) is 5.02. The minimum Gasteiger partial charge on any atom is -0.357 e. The highest BCUT2D eigenvalue weighted by Crippen LogP contribution is 2.25. The molecule has 0 aliphatic heterocycles. The zero-order valence-electron chi connectivity index (χ0n) is 11.0. The molecule has 5 heteroatoms. The zero-order chi connectivity index (χ0) is 14.3. The first-order valence-corrected chi connectivity index (χ1v) is 6.77. The second-order valence-corrected chi connectivity index (χ2v) is 4.77. The number of rotatable bonds is 4. The van der Waals surface area contributed by atoms with Crippen LogP contribution in [0.1, 0.15) is 25.5 Å². The maximum absolute atomic E-state index is 6.17. The van der Waals surface area contributed by atoms with E-state index in [9.17, 15) is 0 Å². The zero-order valence-corrected chi connectivity index (χ0v) is 12.5. The Balaban J connectivity index is 2.81. The van der Waals surface area contributed by atoms with E-state index < -0.39 is 0 Å². The van der Waals surface area contributed by atoms with Gasteiger partial charge in [0.25, 0.3) is 0 Å². The van der Waals surface area contributed by atoms with Gasteiger partial charge in [0, 0.05) is 16.6 Å². The summed E-state index contributed by atoms with van der Waals surface area (Å²) in [5, 5.41) is 7.61. The first-order chi connectivity index (χ1) is 9.08. The average molecular weight is 298 g/mol. The molecule has 1 atom stereocenters. The molecule has 1 aromatic carbocycles. The van der Waals surface area contributed by atoms with Gasteiger partial charge in [-0.05, 0) is 31.5 Å². The summed E-state index contributed by atoms with van der Waals surface area (Å²) in [4.78, 5) is 4.23. The Morgan fingerprint density at radius 3 is 2.79 bits per heavy atom. The molecule has 0 aliphatic rings. The monoisotopic (exact) mass is 297 g/mol. The molecule has 1 unspecified atom stereocenters. The standard InChI is InChI=1S/C14H17Cl2N3/c1-4-8-18-14(17-5-2)19-10(3)12-7-6-11(15)9-13(12)16/h1,6-7,9-10H,5,8H2,2-3H3,(H2,17,18,19). The number of hydrogen-bond acceptors (Lipinski definition) is 1. The Labute approximate surface area is 124 Å². The van der Waals surface area contributed by atoms with E-state index in [-0.39, 0.29) is 6.04 Å². The van der Waals surface area contributed by atoms with Crippen molar-refractivity contribution in [3.05, 3.63) is 33.8 Å². The van der Waals surface area contributed by atoms with Gasteiger partial charge in [0.1, 0.15) is 6.54 Å². The van der Waals surface area contributed by atoms with Crippen molar-refractivity contribution in [2.75, 3.05) is 13.1 Å². The van der Waals surface area contributed by atoms with Crippen molar-refractivity contribution < 1.29 is 0 Å². The van der Waals surface area contributed by atoms with Crippen LogP contribution in [0.3, 0.4) is 0 Å². The third-order valence-corrected chi connectivity index (χ3v) is 3.02. The van der Waals surface area contributed by atoms with Crippen molar-refractivity contribution in [2.45, 2.75) is 19.9 Å². The molecular weight excluding hydrogens is 281 g/mol. The van der Waals surface area contributed by atoms with Gasteiger partial charge in [-0.2, -0.15) is 0 Å². The van der Waals surface area contributed by atoms with Crippen LogP contribution in [0, 0.1) is 12.3 Å². The van der Waals surface area contributed by atoms with Crippen LogP contribution in [0.5, 0.6) is 0 Å². The fourth-order valence-electron chi connectivity index (χ4n) is 1.58. The lowest BCUT2D eigenvalue weighted by atomic mass is 10.1. The van der Waals surface area contributed by atoms with Crippen molar-refractivity contribution in [1.29, 1.82) is 0 Å². The molecule has 1 aromatic rings. The number of terminal acetylenes is 1. The number of guanidine groups is 1. The van der Waals surface area contributed by atoms with Gasteiger partial charge in [0.05, 0.1) is 6.04 Å². The molecule has 19 heavy (non-hydrogen) atoms. The molecule has 0 aromatic heterocycles. The fraction of sp³-hybridized carbons (Fsp3) is 0.357. The predicted molar refractivity (Wildman–Crippen MR) is 82.8 cm³/mol. The van der Waals surface area contributed by atoms with Gasteiger partial charge >= 0.3 is 0 Å². The lowest BCUT2D eigenvalue weighted by molar-refractivity contribution is 0.689. The van der Waals surface area contributed by atoms with Crippen LogP contribution in [0.15, 0.2) is 23.2 Å². The third-order valence-electron chi connectivity index (χ3n) is 2.45. The Morgan fingerprint density at radius 2 is 2.21 bits per heavy atom. The SMILES string of the molecule is C#CCN=C(NCC)NC(C)c1ccc(Cl)cc1Cl. The number of benzene rings is 1. The van der Waals surface area contributed by atoms with E-state index in [2.05, 4.69) is 21.5 Å². The summed E-state index contributed by atoms with van der Waals surface area (Å²) in [6.07, 6.45) is 5.21. The molecule has 0 spiro atoms. The molecular formula is C14H17Cl2N3. The Morgan fingerprint density at radius 1 is 1.47 bits per heavy atom. The molecule has 1 rings (SSSR count). The van der Waals surface area contributed by atoms with Crippen LogP contribution in [-0.2, 0) is 0 Å². The molecule has 3 nitrogen and oxygen atoms in total. The molecule has 0 amide bonds. The molecule has 0 aliphatic carbocycles. The van der Waals surface area contributed by atoms with Gasteiger partial charge in [-0.25, -0.2) is 4.99 Å². The number of aliphatic imine (C=N–C) groups is 1. The second-order valence-electron chi connectivity index (χ2n) is 3.93. The lowest BCUT2D eigenvalue weighted by Gasteiger charge is -2.19. The van der Waals surface area contributed by atoms with Gasteiger partial charge in [-0.3, -0.25) is 0 Å². The van der Waals surface area contributed by atoms with E-state index in [1.54, 1.807) is 6.07 Å². The highest BCUT2D eigenvalue weighted by Gasteiger charge is 2.11. The average Bonchev–Trinajstić information content (AvgIpc) is 2.36. The fourth-order valence-corrected chi connectivity index (χ4v) is 2.15. The minimum absolute atomic E-state index is 0.000316. The van der Waals surface area contributed by atoms with E-state index in [4.69, 9.17) is 29.6 Å². The summed E-state index contributed by atoms with van der Waals surface area (Å²) >= 11 is 12.1. The van der Waals surface area contributed by atoms with Gasteiger partial charge in [-0.15, -0.1) is 6.42 Å². The van der Waals surface area contributed by atoms with E-state index in [1.165, 1.54) is 0 Å². The maximum atomic E-state index is 6.17.